The van der Waals surface area contributed by atoms with Crippen LogP contribution in [0.15, 0.2) is 12.7 Å². The summed E-state index contributed by atoms with van der Waals surface area (Å²) in [6.45, 7) is 8.74. The van der Waals surface area contributed by atoms with Gasteiger partial charge in [0.05, 0.1) is 0 Å². The van der Waals surface area contributed by atoms with Crippen LogP contribution in [0.1, 0.15) is 72.1 Å². The molecule has 130 valence electrons. The molecule has 0 aliphatic carbocycles. The van der Waals surface area contributed by atoms with E-state index in [-0.39, 0.29) is 36.0 Å². The number of hydrogen-bond acceptors (Lipinski definition) is 4. The second-order valence-electron chi connectivity index (χ2n) is 6.06. The Balaban J connectivity index is 0. The smallest absolute Gasteiger partial charge is 0.746 e. The second-order valence-corrected chi connectivity index (χ2v) is 7.70. The molecule has 0 heterocycles. The fourth-order valence-electron chi connectivity index (χ4n) is 2.58. The number of hydrogen-bond donors (Lipinski definition) is 1. The zero-order chi connectivity index (χ0) is 17.2. The summed E-state index contributed by atoms with van der Waals surface area (Å²) in [4.78, 5) is 9.80. The molecule has 0 fully saturated rings. The van der Waals surface area contributed by atoms with Gasteiger partial charge >= 0.3 is 29.6 Å². The van der Waals surface area contributed by atoms with Crippen LogP contribution in [-0.4, -0.2) is 23.7 Å². The summed E-state index contributed by atoms with van der Waals surface area (Å²) < 4.78 is 35.2. The van der Waals surface area contributed by atoms with Gasteiger partial charge in [0, 0.05) is 0 Å². The van der Waals surface area contributed by atoms with E-state index < -0.39 is 26.8 Å². The fraction of sp³-hybridized carbons (Fsp3) is 0.812. The first-order valence-corrected chi connectivity index (χ1v) is 9.52. The maximum atomic E-state index is 11.7. The largest absolute Gasteiger partial charge is 1.00 e. The van der Waals surface area contributed by atoms with Gasteiger partial charge in [0.2, 0.25) is 5.91 Å². The number of unbranched alkanes of at least 4 members (excludes halogenated alkanes) is 6. The molecule has 0 aromatic heterocycles. The van der Waals surface area contributed by atoms with Gasteiger partial charge in [0.25, 0.3) is 0 Å². The Morgan fingerprint density at radius 2 is 1.65 bits per heavy atom. The summed E-state index contributed by atoms with van der Waals surface area (Å²) in [5, 5.41) is 2.37. The number of rotatable bonds is 12. The van der Waals surface area contributed by atoms with Crippen molar-refractivity contribution in [3.05, 3.63) is 12.7 Å². The Morgan fingerprint density at radius 3 is 2.04 bits per heavy atom. The standard InChI is InChI=1S/C16H31NO4S.Na/c1-5-7-8-9-10-11-12-13-16(14(3)4,22(19,20)21)17-15(18)6-2;/h6,14H,2,5,7-13H2,1,3-4H3,(H,17,18)(H,19,20,21);/q;+1/p-1. The number of carbonyl (C=O) groups is 1. The molecule has 0 aliphatic rings. The van der Waals surface area contributed by atoms with Gasteiger partial charge in [-0.05, 0) is 18.4 Å². The van der Waals surface area contributed by atoms with E-state index in [1.165, 1.54) is 19.3 Å². The Hall–Kier alpha value is 0.120. The molecular formula is C16H30NNaO4S. The Morgan fingerprint density at radius 1 is 1.17 bits per heavy atom. The van der Waals surface area contributed by atoms with Crippen molar-refractivity contribution in [2.75, 3.05) is 0 Å². The average molecular weight is 355 g/mol. The van der Waals surface area contributed by atoms with Gasteiger partial charge in [-0.3, -0.25) is 4.79 Å². The topological polar surface area (TPSA) is 86.3 Å². The Bertz CT molecular complexity index is 451. The molecule has 1 atom stereocenters. The SMILES string of the molecule is C=CC(=O)NC(CCCCCCCCC)(C(C)C)S(=O)(=O)[O-].[Na+]. The third-order valence-corrected chi connectivity index (χ3v) is 5.72. The van der Waals surface area contributed by atoms with Gasteiger partial charge in [-0.2, -0.15) is 0 Å². The maximum Gasteiger partial charge on any atom is 1.00 e. The fourth-order valence-corrected chi connectivity index (χ4v) is 3.77. The first-order valence-electron chi connectivity index (χ1n) is 8.11. The van der Waals surface area contributed by atoms with Crippen molar-refractivity contribution in [2.45, 2.75) is 77.0 Å². The van der Waals surface area contributed by atoms with Gasteiger partial charge < -0.3 is 9.87 Å². The number of amides is 1. The minimum absolute atomic E-state index is 0. The van der Waals surface area contributed by atoms with E-state index in [1.807, 2.05) is 0 Å². The van der Waals surface area contributed by atoms with Crippen LogP contribution in [0.3, 0.4) is 0 Å². The molecule has 0 aromatic rings. The molecule has 5 nitrogen and oxygen atoms in total. The molecular weight excluding hydrogens is 325 g/mol. The minimum Gasteiger partial charge on any atom is -0.746 e. The quantitative estimate of drug-likeness (QED) is 0.237. The van der Waals surface area contributed by atoms with E-state index in [0.29, 0.717) is 6.42 Å². The third kappa shape index (κ3) is 8.68. The van der Waals surface area contributed by atoms with Crippen molar-refractivity contribution in [3.63, 3.8) is 0 Å². The van der Waals surface area contributed by atoms with E-state index in [4.69, 9.17) is 0 Å². The van der Waals surface area contributed by atoms with Crippen LogP contribution in [-0.2, 0) is 14.9 Å². The molecule has 1 unspecified atom stereocenters. The second kappa shape index (κ2) is 12.5. The van der Waals surface area contributed by atoms with Crippen LogP contribution in [0, 0.1) is 5.92 Å². The third-order valence-electron chi connectivity index (χ3n) is 4.05. The van der Waals surface area contributed by atoms with E-state index in [2.05, 4.69) is 18.8 Å². The predicted molar refractivity (Wildman–Crippen MR) is 88.2 cm³/mol. The van der Waals surface area contributed by atoms with E-state index >= 15 is 0 Å². The molecule has 0 radical (unpaired) electrons. The van der Waals surface area contributed by atoms with Crippen LogP contribution in [0.25, 0.3) is 0 Å². The zero-order valence-electron chi connectivity index (χ0n) is 15.1. The molecule has 0 spiro atoms. The zero-order valence-corrected chi connectivity index (χ0v) is 17.9. The summed E-state index contributed by atoms with van der Waals surface area (Å²) >= 11 is 0. The molecule has 0 aliphatic heterocycles. The molecule has 7 heteroatoms. The van der Waals surface area contributed by atoms with Gasteiger partial charge in [-0.25, -0.2) is 8.42 Å². The van der Waals surface area contributed by atoms with Crippen molar-refractivity contribution in [2.24, 2.45) is 5.92 Å². The molecule has 1 N–H and O–H groups in total. The molecule has 0 bridgehead atoms. The van der Waals surface area contributed by atoms with Gasteiger partial charge in [0.1, 0.15) is 15.0 Å². The van der Waals surface area contributed by atoms with Crippen LogP contribution < -0.4 is 34.9 Å². The van der Waals surface area contributed by atoms with Crippen LogP contribution >= 0.6 is 0 Å². The van der Waals surface area contributed by atoms with Crippen molar-refractivity contribution in [3.8, 4) is 0 Å². The summed E-state index contributed by atoms with van der Waals surface area (Å²) in [6, 6.07) is 0. The van der Waals surface area contributed by atoms with E-state index in [0.717, 1.165) is 25.3 Å². The van der Waals surface area contributed by atoms with Crippen LogP contribution in [0.2, 0.25) is 0 Å². The average Bonchev–Trinajstić information content (AvgIpc) is 2.43. The summed E-state index contributed by atoms with van der Waals surface area (Å²) in [5.41, 5.74) is 0. The Labute approximate surface area is 163 Å². The summed E-state index contributed by atoms with van der Waals surface area (Å²) in [5.74, 6) is -1.13. The van der Waals surface area contributed by atoms with Gasteiger partial charge in [-0.15, -0.1) is 0 Å². The normalized spacial score (nSPS) is 14.0. The monoisotopic (exact) mass is 355 g/mol. The molecule has 23 heavy (non-hydrogen) atoms. The van der Waals surface area contributed by atoms with E-state index in [1.54, 1.807) is 13.8 Å². The van der Waals surface area contributed by atoms with Crippen molar-refractivity contribution in [1.82, 2.24) is 5.32 Å². The molecule has 1 amide bonds. The van der Waals surface area contributed by atoms with Gasteiger partial charge in [-0.1, -0.05) is 72.3 Å². The predicted octanol–water partition coefficient (Wildman–Crippen LogP) is 0.331. The van der Waals surface area contributed by atoms with Crippen molar-refractivity contribution >= 4 is 16.0 Å². The maximum absolute atomic E-state index is 11.7. The van der Waals surface area contributed by atoms with Crippen LogP contribution in [0.5, 0.6) is 0 Å². The first-order chi connectivity index (χ1) is 10.2. The minimum atomic E-state index is -4.66. The van der Waals surface area contributed by atoms with Crippen molar-refractivity contribution in [1.29, 1.82) is 0 Å². The number of nitrogens with one attached hydrogen (secondary N) is 1. The van der Waals surface area contributed by atoms with Gasteiger partial charge in [0.15, 0.2) is 0 Å². The van der Waals surface area contributed by atoms with Crippen LogP contribution in [0.4, 0.5) is 0 Å². The molecule has 0 saturated carbocycles. The molecule has 0 rings (SSSR count). The summed E-state index contributed by atoms with van der Waals surface area (Å²) in [6.07, 6.45) is 8.30. The number of carbonyl (C=O) groups excluding carboxylic acids is 1. The first kappa shape index (κ1) is 25.4. The van der Waals surface area contributed by atoms with E-state index in [9.17, 15) is 17.8 Å². The molecule has 0 aromatic carbocycles. The molecule has 0 saturated heterocycles. The summed E-state index contributed by atoms with van der Waals surface area (Å²) in [7, 11) is -4.66. The Kier molecular flexibility index (Phi) is 13.8. The van der Waals surface area contributed by atoms with Crippen molar-refractivity contribution < 1.29 is 47.3 Å².